The molecule has 0 radical (unpaired) electrons. The van der Waals surface area contributed by atoms with Gasteiger partial charge in [0.15, 0.2) is 6.61 Å². The summed E-state index contributed by atoms with van der Waals surface area (Å²) < 4.78 is 9.07. The van der Waals surface area contributed by atoms with E-state index in [1.807, 2.05) is 44.5 Å². The molecule has 3 rings (SSSR count). The highest BCUT2D eigenvalue weighted by atomic mass is 16.5. The van der Waals surface area contributed by atoms with Crippen molar-refractivity contribution in [2.45, 2.75) is 40.3 Å². The van der Waals surface area contributed by atoms with Crippen molar-refractivity contribution in [3.8, 4) is 11.4 Å². The Hall–Kier alpha value is -3.23. The summed E-state index contributed by atoms with van der Waals surface area (Å²) in [7, 11) is 0. The molecule has 0 unspecified atom stereocenters. The molecule has 2 heterocycles. The first kappa shape index (κ1) is 18.6. The maximum atomic E-state index is 12.3. The van der Waals surface area contributed by atoms with Crippen LogP contribution in [0.15, 0.2) is 30.6 Å². The third kappa shape index (κ3) is 4.13. The van der Waals surface area contributed by atoms with Gasteiger partial charge in [0.25, 0.3) is 5.91 Å². The number of tetrazole rings is 1. The van der Waals surface area contributed by atoms with Gasteiger partial charge in [-0.05, 0) is 50.3 Å². The van der Waals surface area contributed by atoms with E-state index < -0.39 is 0 Å². The molecule has 0 saturated carbocycles. The largest absolute Gasteiger partial charge is 0.484 e. The maximum absolute atomic E-state index is 12.3. The number of rotatable bonds is 7. The van der Waals surface area contributed by atoms with E-state index in [-0.39, 0.29) is 18.6 Å². The van der Waals surface area contributed by atoms with E-state index in [0.717, 1.165) is 29.2 Å². The van der Waals surface area contributed by atoms with Crippen molar-refractivity contribution in [3.63, 3.8) is 0 Å². The van der Waals surface area contributed by atoms with Crippen LogP contribution in [0.25, 0.3) is 5.69 Å². The Balaban J connectivity index is 1.60. The Morgan fingerprint density at radius 2 is 2.15 bits per heavy atom. The number of carbonyl (C=O) groups excluding carboxylic acids is 1. The van der Waals surface area contributed by atoms with Crippen LogP contribution < -0.4 is 10.1 Å². The first-order chi connectivity index (χ1) is 13.0. The van der Waals surface area contributed by atoms with E-state index in [2.05, 4.69) is 25.9 Å². The molecule has 0 aliphatic heterocycles. The number of aromatic nitrogens is 6. The fourth-order valence-electron chi connectivity index (χ4n) is 3.14. The zero-order chi connectivity index (χ0) is 19.4. The maximum Gasteiger partial charge on any atom is 0.258 e. The lowest BCUT2D eigenvalue weighted by Crippen LogP contribution is -2.31. The summed E-state index contributed by atoms with van der Waals surface area (Å²) in [4.78, 5) is 12.3. The topological polar surface area (TPSA) is 99.8 Å². The summed E-state index contributed by atoms with van der Waals surface area (Å²) in [5.41, 5.74) is 3.80. The average molecular weight is 369 g/mol. The fraction of sp³-hybridized carbons (Fsp3) is 0.389. The van der Waals surface area contributed by atoms with E-state index >= 15 is 0 Å². The normalized spacial score (nSPS) is 12.0. The van der Waals surface area contributed by atoms with Gasteiger partial charge in [-0.3, -0.25) is 9.48 Å². The van der Waals surface area contributed by atoms with Crippen molar-refractivity contribution < 1.29 is 9.53 Å². The summed E-state index contributed by atoms with van der Waals surface area (Å²) in [5.74, 6) is 0.371. The molecule has 142 valence electrons. The molecule has 1 N–H and O–H groups in total. The minimum absolute atomic E-state index is 0.0799. The minimum Gasteiger partial charge on any atom is -0.484 e. The highest BCUT2D eigenvalue weighted by Gasteiger charge is 2.19. The Bertz CT molecular complexity index is 918. The predicted octanol–water partition coefficient (Wildman–Crippen LogP) is 1.75. The van der Waals surface area contributed by atoms with Gasteiger partial charge in [-0.2, -0.15) is 5.10 Å². The predicted molar refractivity (Wildman–Crippen MR) is 98.6 cm³/mol. The minimum atomic E-state index is -0.196. The quantitative estimate of drug-likeness (QED) is 0.681. The number of aryl methyl sites for hydroxylation is 2. The zero-order valence-corrected chi connectivity index (χ0v) is 15.9. The van der Waals surface area contributed by atoms with Crippen LogP contribution in [0.5, 0.6) is 5.75 Å². The molecule has 0 saturated heterocycles. The number of hydrogen-bond acceptors (Lipinski definition) is 6. The van der Waals surface area contributed by atoms with E-state index in [1.165, 1.54) is 11.0 Å². The molecule has 27 heavy (non-hydrogen) atoms. The van der Waals surface area contributed by atoms with Crippen LogP contribution in [0.4, 0.5) is 0 Å². The van der Waals surface area contributed by atoms with Crippen molar-refractivity contribution in [1.82, 2.24) is 35.3 Å². The lowest BCUT2D eigenvalue weighted by atomic mass is 10.1. The SMILES string of the molecule is CCn1nc(C)c([C@H](C)NC(=O)COc2cccc(-n3cnnn3)c2)c1C. The summed E-state index contributed by atoms with van der Waals surface area (Å²) in [6, 6.07) is 7.08. The second kappa shape index (κ2) is 7.98. The molecule has 1 aromatic carbocycles. The number of benzene rings is 1. The van der Waals surface area contributed by atoms with Gasteiger partial charge in [0.1, 0.15) is 12.1 Å². The Kier molecular flexibility index (Phi) is 5.49. The molecule has 1 atom stereocenters. The van der Waals surface area contributed by atoms with Gasteiger partial charge in [0.2, 0.25) is 0 Å². The van der Waals surface area contributed by atoms with Gasteiger partial charge in [-0.15, -0.1) is 5.10 Å². The van der Waals surface area contributed by atoms with Crippen LogP contribution >= 0.6 is 0 Å². The molecule has 9 nitrogen and oxygen atoms in total. The Labute approximate surface area is 157 Å². The van der Waals surface area contributed by atoms with Crippen molar-refractivity contribution in [1.29, 1.82) is 0 Å². The van der Waals surface area contributed by atoms with Crippen molar-refractivity contribution in [3.05, 3.63) is 47.5 Å². The van der Waals surface area contributed by atoms with Gasteiger partial charge >= 0.3 is 0 Å². The first-order valence-electron chi connectivity index (χ1n) is 8.79. The second-order valence-corrected chi connectivity index (χ2v) is 6.23. The van der Waals surface area contributed by atoms with Crippen LogP contribution in [0.1, 0.15) is 36.8 Å². The van der Waals surface area contributed by atoms with Crippen LogP contribution in [0.3, 0.4) is 0 Å². The molecule has 0 fully saturated rings. The number of ether oxygens (including phenoxy) is 1. The second-order valence-electron chi connectivity index (χ2n) is 6.23. The lowest BCUT2D eigenvalue weighted by Gasteiger charge is -2.15. The highest BCUT2D eigenvalue weighted by molar-refractivity contribution is 5.78. The summed E-state index contributed by atoms with van der Waals surface area (Å²) in [6.07, 6.45) is 1.49. The smallest absolute Gasteiger partial charge is 0.258 e. The molecule has 2 aromatic heterocycles. The van der Waals surface area contributed by atoms with Crippen molar-refractivity contribution in [2.24, 2.45) is 0 Å². The third-order valence-electron chi connectivity index (χ3n) is 4.35. The number of amides is 1. The van der Waals surface area contributed by atoms with Crippen molar-refractivity contribution in [2.75, 3.05) is 6.61 Å². The Morgan fingerprint density at radius 3 is 2.81 bits per heavy atom. The van der Waals surface area contributed by atoms with Gasteiger partial charge in [0.05, 0.1) is 17.4 Å². The van der Waals surface area contributed by atoms with Gasteiger partial charge < -0.3 is 10.1 Å². The molecular weight excluding hydrogens is 346 g/mol. The lowest BCUT2D eigenvalue weighted by molar-refractivity contribution is -0.123. The molecule has 3 aromatic rings. The van der Waals surface area contributed by atoms with Crippen molar-refractivity contribution >= 4 is 5.91 Å². The summed E-state index contributed by atoms with van der Waals surface area (Å²) >= 11 is 0. The van der Waals surface area contributed by atoms with Gasteiger partial charge in [-0.25, -0.2) is 4.68 Å². The van der Waals surface area contributed by atoms with Crippen LogP contribution in [-0.4, -0.2) is 42.5 Å². The molecule has 0 spiro atoms. The number of nitrogens with zero attached hydrogens (tertiary/aromatic N) is 6. The van der Waals surface area contributed by atoms with Crippen LogP contribution in [0.2, 0.25) is 0 Å². The van der Waals surface area contributed by atoms with E-state index in [9.17, 15) is 4.79 Å². The molecule has 0 aliphatic carbocycles. The van der Waals surface area contributed by atoms with E-state index in [4.69, 9.17) is 4.74 Å². The average Bonchev–Trinajstić information content (AvgIpc) is 3.28. The zero-order valence-electron chi connectivity index (χ0n) is 15.9. The van der Waals surface area contributed by atoms with Crippen LogP contribution in [0, 0.1) is 13.8 Å². The molecule has 1 amide bonds. The molecule has 0 aliphatic rings. The molecule has 0 bridgehead atoms. The Morgan fingerprint density at radius 1 is 1.33 bits per heavy atom. The highest BCUT2D eigenvalue weighted by Crippen LogP contribution is 2.21. The molecular formula is C18H23N7O2. The summed E-state index contributed by atoms with van der Waals surface area (Å²) in [5, 5.41) is 18.5. The fourth-order valence-corrected chi connectivity index (χ4v) is 3.14. The molecule has 9 heteroatoms. The van der Waals surface area contributed by atoms with Gasteiger partial charge in [-0.1, -0.05) is 6.07 Å². The standard InChI is InChI=1S/C18H23N7O2/c1-5-24-14(4)18(13(3)21-24)12(2)20-17(26)10-27-16-8-6-7-15(9-16)25-11-19-22-23-25/h6-9,11-12H,5,10H2,1-4H3,(H,20,26)/t12-/m0/s1. The third-order valence-corrected chi connectivity index (χ3v) is 4.35. The summed E-state index contributed by atoms with van der Waals surface area (Å²) in [6.45, 7) is 8.69. The van der Waals surface area contributed by atoms with Gasteiger partial charge in [0, 0.05) is 23.9 Å². The van der Waals surface area contributed by atoms with Crippen LogP contribution in [-0.2, 0) is 11.3 Å². The number of carbonyl (C=O) groups is 1. The van der Waals surface area contributed by atoms with E-state index in [0.29, 0.717) is 5.75 Å². The number of hydrogen-bond donors (Lipinski definition) is 1. The monoisotopic (exact) mass is 369 g/mol. The van der Waals surface area contributed by atoms with E-state index in [1.54, 1.807) is 12.1 Å². The first-order valence-corrected chi connectivity index (χ1v) is 8.79. The number of nitrogens with one attached hydrogen (secondary N) is 1.